The van der Waals surface area contributed by atoms with Gasteiger partial charge in [0.1, 0.15) is 0 Å². The molecule has 0 spiro atoms. The predicted octanol–water partition coefficient (Wildman–Crippen LogP) is 1.63. The maximum atomic E-state index is 11.7. The van der Waals surface area contributed by atoms with Crippen molar-refractivity contribution in [2.24, 2.45) is 5.92 Å². The van der Waals surface area contributed by atoms with Gasteiger partial charge in [-0.25, -0.2) is 0 Å². The van der Waals surface area contributed by atoms with Crippen LogP contribution in [0, 0.1) is 5.92 Å². The van der Waals surface area contributed by atoms with Crippen LogP contribution in [0.3, 0.4) is 0 Å². The number of pyridine rings is 1. The first kappa shape index (κ1) is 15.4. The fourth-order valence-electron chi connectivity index (χ4n) is 1.34. The fourth-order valence-corrected chi connectivity index (χ4v) is 1.53. The first-order valence-corrected chi connectivity index (χ1v) is 6.53. The molecule has 0 aromatic carbocycles. The zero-order chi connectivity index (χ0) is 14.3. The summed E-state index contributed by atoms with van der Waals surface area (Å²) in [7, 11) is 0. The van der Waals surface area contributed by atoms with Crippen molar-refractivity contribution >= 4 is 23.4 Å². The van der Waals surface area contributed by atoms with E-state index >= 15 is 0 Å². The van der Waals surface area contributed by atoms with Crippen molar-refractivity contribution in [3.05, 3.63) is 29.0 Å². The third kappa shape index (κ3) is 5.70. The number of carbonyl (C=O) groups excluding carboxylic acids is 2. The third-order valence-corrected chi connectivity index (χ3v) is 2.69. The number of nitrogens with zero attached hydrogens (tertiary/aromatic N) is 1. The molecule has 0 fully saturated rings. The number of amides is 2. The summed E-state index contributed by atoms with van der Waals surface area (Å²) in [6.07, 6.45) is 3.16. The lowest BCUT2D eigenvalue weighted by molar-refractivity contribution is -0.121. The van der Waals surface area contributed by atoms with Crippen molar-refractivity contribution in [1.29, 1.82) is 0 Å². The molecule has 19 heavy (non-hydrogen) atoms. The van der Waals surface area contributed by atoms with Crippen LogP contribution in [0.1, 0.15) is 30.6 Å². The number of carbonyl (C=O) groups is 2. The van der Waals surface area contributed by atoms with Gasteiger partial charge in [0.25, 0.3) is 5.91 Å². The Morgan fingerprint density at radius 2 is 2.11 bits per heavy atom. The van der Waals surface area contributed by atoms with Gasteiger partial charge in [0.2, 0.25) is 5.91 Å². The minimum Gasteiger partial charge on any atom is -0.356 e. The van der Waals surface area contributed by atoms with E-state index < -0.39 is 0 Å². The molecule has 0 bridgehead atoms. The molecule has 5 nitrogen and oxygen atoms in total. The van der Waals surface area contributed by atoms with Gasteiger partial charge in [-0.1, -0.05) is 25.4 Å². The van der Waals surface area contributed by atoms with E-state index in [2.05, 4.69) is 15.6 Å². The maximum absolute atomic E-state index is 11.7. The smallest absolute Gasteiger partial charge is 0.254 e. The van der Waals surface area contributed by atoms with Gasteiger partial charge in [0.15, 0.2) is 0 Å². The second kappa shape index (κ2) is 7.74. The van der Waals surface area contributed by atoms with Crippen LogP contribution in [0.2, 0.25) is 5.02 Å². The molecule has 1 heterocycles. The Morgan fingerprint density at radius 3 is 2.74 bits per heavy atom. The summed E-state index contributed by atoms with van der Waals surface area (Å²) >= 11 is 5.87. The summed E-state index contributed by atoms with van der Waals surface area (Å²) in [4.78, 5) is 27.0. The number of nitrogens with one attached hydrogen (secondary N) is 2. The molecule has 6 heteroatoms. The van der Waals surface area contributed by atoms with Crippen LogP contribution in [0.15, 0.2) is 18.5 Å². The zero-order valence-electron chi connectivity index (χ0n) is 11.1. The van der Waals surface area contributed by atoms with Gasteiger partial charge in [-0.3, -0.25) is 14.6 Å². The van der Waals surface area contributed by atoms with Crippen LogP contribution in [0.5, 0.6) is 0 Å². The van der Waals surface area contributed by atoms with Crippen molar-refractivity contribution in [2.75, 3.05) is 13.1 Å². The van der Waals surface area contributed by atoms with Crippen molar-refractivity contribution in [3.8, 4) is 0 Å². The van der Waals surface area contributed by atoms with E-state index in [-0.39, 0.29) is 24.8 Å². The summed E-state index contributed by atoms with van der Waals surface area (Å²) in [5.74, 6) is 0.00813. The molecule has 1 rings (SSSR count). The molecule has 0 aliphatic rings. The van der Waals surface area contributed by atoms with E-state index in [1.165, 1.54) is 12.4 Å². The topological polar surface area (TPSA) is 71.1 Å². The van der Waals surface area contributed by atoms with Crippen LogP contribution in [-0.4, -0.2) is 29.9 Å². The molecule has 0 saturated heterocycles. The number of hydrogen-bond donors (Lipinski definition) is 2. The van der Waals surface area contributed by atoms with Crippen LogP contribution in [0.25, 0.3) is 0 Å². The molecule has 0 saturated carbocycles. The minimum atomic E-state index is -0.324. The first-order chi connectivity index (χ1) is 9.00. The molecule has 2 N–H and O–H groups in total. The van der Waals surface area contributed by atoms with E-state index in [1.54, 1.807) is 6.07 Å². The number of rotatable bonds is 6. The molecular weight excluding hydrogens is 266 g/mol. The molecule has 0 atom stereocenters. The monoisotopic (exact) mass is 283 g/mol. The summed E-state index contributed by atoms with van der Waals surface area (Å²) < 4.78 is 0. The average Bonchev–Trinajstić information content (AvgIpc) is 2.36. The van der Waals surface area contributed by atoms with Crippen molar-refractivity contribution in [1.82, 2.24) is 15.6 Å². The standard InChI is InChI=1S/C13H18ClN3O2/c1-9(2)7-17-12(18)4-6-16-13(19)10-8-15-5-3-11(10)14/h3,5,8-9H,4,6-7H2,1-2H3,(H,16,19)(H,17,18). The van der Waals surface area contributed by atoms with Crippen LogP contribution in [-0.2, 0) is 4.79 Å². The van der Waals surface area contributed by atoms with Gasteiger partial charge in [0, 0.05) is 31.9 Å². The Labute approximate surface area is 117 Å². The Balaban J connectivity index is 2.32. The van der Waals surface area contributed by atoms with E-state index in [9.17, 15) is 9.59 Å². The highest BCUT2D eigenvalue weighted by Gasteiger charge is 2.10. The third-order valence-electron chi connectivity index (χ3n) is 2.36. The van der Waals surface area contributed by atoms with Gasteiger partial charge in [0.05, 0.1) is 10.6 Å². The summed E-state index contributed by atoms with van der Waals surface area (Å²) in [5, 5.41) is 5.76. The lowest BCUT2D eigenvalue weighted by Gasteiger charge is -2.08. The zero-order valence-corrected chi connectivity index (χ0v) is 11.8. The molecular formula is C13H18ClN3O2. The summed E-state index contributed by atoms with van der Waals surface area (Å²) in [6, 6.07) is 1.55. The lowest BCUT2D eigenvalue weighted by Crippen LogP contribution is -2.32. The molecule has 1 aromatic heterocycles. The number of hydrogen-bond acceptors (Lipinski definition) is 3. The van der Waals surface area contributed by atoms with Crippen LogP contribution < -0.4 is 10.6 Å². The van der Waals surface area contributed by atoms with Crippen molar-refractivity contribution in [3.63, 3.8) is 0 Å². The predicted molar refractivity (Wildman–Crippen MR) is 74.0 cm³/mol. The van der Waals surface area contributed by atoms with Crippen molar-refractivity contribution < 1.29 is 9.59 Å². The molecule has 0 unspecified atom stereocenters. The highest BCUT2D eigenvalue weighted by atomic mass is 35.5. The van der Waals surface area contributed by atoms with E-state index in [0.29, 0.717) is 23.0 Å². The van der Waals surface area contributed by atoms with E-state index in [4.69, 9.17) is 11.6 Å². The van der Waals surface area contributed by atoms with E-state index in [0.717, 1.165) is 0 Å². The average molecular weight is 284 g/mol. The Hall–Kier alpha value is -1.62. The second-order valence-electron chi connectivity index (χ2n) is 4.56. The molecule has 0 radical (unpaired) electrons. The lowest BCUT2D eigenvalue weighted by atomic mass is 10.2. The number of aromatic nitrogens is 1. The molecule has 104 valence electrons. The quantitative estimate of drug-likeness (QED) is 0.833. The summed E-state index contributed by atoms with van der Waals surface area (Å²) in [6.45, 7) is 4.95. The Kier molecular flexibility index (Phi) is 6.29. The summed E-state index contributed by atoms with van der Waals surface area (Å²) in [5.41, 5.74) is 0.312. The fraction of sp³-hybridized carbons (Fsp3) is 0.462. The minimum absolute atomic E-state index is 0.0775. The molecule has 0 aliphatic heterocycles. The van der Waals surface area contributed by atoms with Gasteiger partial charge < -0.3 is 10.6 Å². The van der Waals surface area contributed by atoms with Gasteiger partial charge in [-0.05, 0) is 12.0 Å². The Morgan fingerprint density at radius 1 is 1.37 bits per heavy atom. The van der Waals surface area contributed by atoms with Gasteiger partial charge >= 0.3 is 0 Å². The van der Waals surface area contributed by atoms with Crippen molar-refractivity contribution in [2.45, 2.75) is 20.3 Å². The van der Waals surface area contributed by atoms with E-state index in [1.807, 2.05) is 13.8 Å². The highest BCUT2D eigenvalue weighted by molar-refractivity contribution is 6.33. The first-order valence-electron chi connectivity index (χ1n) is 6.15. The molecule has 2 amide bonds. The second-order valence-corrected chi connectivity index (χ2v) is 4.97. The van der Waals surface area contributed by atoms with Crippen LogP contribution >= 0.6 is 11.6 Å². The number of halogens is 1. The molecule has 1 aromatic rings. The molecule has 0 aliphatic carbocycles. The van der Waals surface area contributed by atoms with Gasteiger partial charge in [-0.2, -0.15) is 0 Å². The Bertz CT molecular complexity index is 449. The van der Waals surface area contributed by atoms with Gasteiger partial charge in [-0.15, -0.1) is 0 Å². The van der Waals surface area contributed by atoms with Crippen LogP contribution in [0.4, 0.5) is 0 Å². The maximum Gasteiger partial charge on any atom is 0.254 e. The normalized spacial score (nSPS) is 10.3. The SMILES string of the molecule is CC(C)CNC(=O)CCNC(=O)c1cnccc1Cl. The largest absolute Gasteiger partial charge is 0.356 e. The highest BCUT2D eigenvalue weighted by Crippen LogP contribution is 2.12.